The number of hydrogen-bond acceptors (Lipinski definition) is 4. The summed E-state index contributed by atoms with van der Waals surface area (Å²) in [5, 5.41) is 3.07. The molecular weight excluding hydrogens is 342 g/mol. The number of ether oxygens (including phenoxy) is 1. The number of hydrogen-bond donors (Lipinski definition) is 1. The van der Waals surface area contributed by atoms with E-state index in [0.717, 1.165) is 30.6 Å². The van der Waals surface area contributed by atoms with E-state index >= 15 is 0 Å². The van der Waals surface area contributed by atoms with Gasteiger partial charge in [-0.1, -0.05) is 19.8 Å². The van der Waals surface area contributed by atoms with Gasteiger partial charge in [-0.3, -0.25) is 14.2 Å². The van der Waals surface area contributed by atoms with Gasteiger partial charge in [0.1, 0.15) is 12.3 Å². The van der Waals surface area contributed by atoms with Crippen molar-refractivity contribution in [3.63, 3.8) is 0 Å². The zero-order valence-corrected chi connectivity index (χ0v) is 16.0. The molecule has 2 unspecified atom stereocenters. The fourth-order valence-corrected chi connectivity index (χ4v) is 3.53. The number of nitrogens with one attached hydrogen (secondary N) is 1. The average molecular weight is 369 g/mol. The van der Waals surface area contributed by atoms with Crippen LogP contribution in [0.3, 0.4) is 0 Å². The minimum atomic E-state index is -0.235. The Morgan fingerprint density at radius 3 is 2.67 bits per heavy atom. The van der Waals surface area contributed by atoms with E-state index in [4.69, 9.17) is 4.74 Å². The Labute approximate surface area is 159 Å². The van der Waals surface area contributed by atoms with Gasteiger partial charge in [-0.25, -0.2) is 4.98 Å². The fourth-order valence-electron chi connectivity index (χ4n) is 3.53. The fraction of sp³-hybridized carbons (Fsp3) is 0.476. The third kappa shape index (κ3) is 4.96. The smallest absolute Gasteiger partial charge is 0.254 e. The van der Waals surface area contributed by atoms with Crippen molar-refractivity contribution in [2.45, 2.75) is 52.1 Å². The second-order valence-electron chi connectivity index (χ2n) is 7.13. The third-order valence-electron chi connectivity index (χ3n) is 5.11. The summed E-state index contributed by atoms with van der Waals surface area (Å²) in [5.41, 5.74) is 1.18. The lowest BCUT2D eigenvalue weighted by atomic mass is 9.86. The van der Waals surface area contributed by atoms with Crippen molar-refractivity contribution in [1.29, 1.82) is 0 Å². The second-order valence-corrected chi connectivity index (χ2v) is 7.13. The second kappa shape index (κ2) is 8.84. The van der Waals surface area contributed by atoms with Gasteiger partial charge >= 0.3 is 0 Å². The monoisotopic (exact) mass is 369 g/mol. The summed E-state index contributed by atoms with van der Waals surface area (Å²) in [6.07, 6.45) is 5.97. The Balaban J connectivity index is 1.65. The molecule has 0 spiro atoms. The molecule has 1 N–H and O–H groups in total. The average Bonchev–Trinajstić information content (AvgIpc) is 2.66. The molecule has 1 saturated carbocycles. The van der Waals surface area contributed by atoms with Gasteiger partial charge in [0.25, 0.3) is 5.56 Å². The predicted octanol–water partition coefficient (Wildman–Crippen LogP) is 3.00. The maximum atomic E-state index is 12.4. The Hall–Kier alpha value is -2.63. The number of carbonyl (C=O) groups excluding carboxylic acids is 1. The van der Waals surface area contributed by atoms with Gasteiger partial charge < -0.3 is 10.1 Å². The van der Waals surface area contributed by atoms with E-state index in [-0.39, 0.29) is 24.1 Å². The van der Waals surface area contributed by atoms with Crippen LogP contribution in [0.2, 0.25) is 0 Å². The van der Waals surface area contributed by atoms with E-state index in [2.05, 4.69) is 17.2 Å². The van der Waals surface area contributed by atoms with Crippen LogP contribution in [0.5, 0.6) is 5.75 Å². The molecule has 0 saturated heterocycles. The van der Waals surface area contributed by atoms with Gasteiger partial charge in [0.05, 0.1) is 18.6 Å². The molecule has 1 aromatic heterocycles. The summed E-state index contributed by atoms with van der Waals surface area (Å²) >= 11 is 0. The highest BCUT2D eigenvalue weighted by molar-refractivity contribution is 5.76. The van der Waals surface area contributed by atoms with Crippen LogP contribution in [-0.4, -0.2) is 28.1 Å². The highest BCUT2D eigenvalue weighted by atomic mass is 16.5. The molecule has 1 aromatic carbocycles. The molecular formula is C21H27N3O3. The maximum absolute atomic E-state index is 12.4. The summed E-state index contributed by atoms with van der Waals surface area (Å²) in [7, 11) is 0. The van der Waals surface area contributed by atoms with Crippen LogP contribution in [0.4, 0.5) is 0 Å². The molecule has 1 fully saturated rings. The molecule has 6 nitrogen and oxygen atoms in total. The number of nitrogens with zero attached hydrogens (tertiary/aromatic N) is 2. The number of carbonyl (C=O) groups is 1. The molecule has 6 heteroatoms. The van der Waals surface area contributed by atoms with Crippen LogP contribution in [-0.2, 0) is 11.3 Å². The molecule has 1 amide bonds. The third-order valence-corrected chi connectivity index (χ3v) is 5.11. The van der Waals surface area contributed by atoms with Gasteiger partial charge in [0, 0.05) is 17.7 Å². The lowest BCUT2D eigenvalue weighted by Crippen LogP contribution is -2.43. The predicted molar refractivity (Wildman–Crippen MR) is 105 cm³/mol. The molecule has 0 bridgehead atoms. The van der Waals surface area contributed by atoms with Gasteiger partial charge in [0.15, 0.2) is 0 Å². The van der Waals surface area contributed by atoms with Crippen molar-refractivity contribution in [1.82, 2.24) is 14.9 Å². The van der Waals surface area contributed by atoms with Crippen molar-refractivity contribution < 1.29 is 9.53 Å². The molecule has 1 aliphatic carbocycles. The first-order valence-corrected chi connectivity index (χ1v) is 9.66. The van der Waals surface area contributed by atoms with Crippen LogP contribution in [0.15, 0.2) is 41.5 Å². The largest absolute Gasteiger partial charge is 0.494 e. The van der Waals surface area contributed by atoms with Crippen molar-refractivity contribution in [2.24, 2.45) is 5.92 Å². The standard InChI is InChI=1S/C21H27N3O3/c1-3-27-17-10-8-16(9-11-17)19-12-21(26)24(14-22-19)13-20(25)23-18-7-5-4-6-15(18)2/h8-12,14-15,18H,3-7,13H2,1-2H3,(H,23,25). The van der Waals surface area contributed by atoms with Gasteiger partial charge in [0.2, 0.25) is 5.91 Å². The summed E-state index contributed by atoms with van der Waals surface area (Å²) in [5.74, 6) is 1.13. The van der Waals surface area contributed by atoms with E-state index in [0.29, 0.717) is 18.2 Å². The van der Waals surface area contributed by atoms with Crippen molar-refractivity contribution >= 4 is 5.91 Å². The Bertz CT molecular complexity index is 829. The first-order chi connectivity index (χ1) is 13.1. The van der Waals surface area contributed by atoms with E-state index in [1.807, 2.05) is 31.2 Å². The van der Waals surface area contributed by atoms with Crippen LogP contribution in [0, 0.1) is 5.92 Å². The van der Waals surface area contributed by atoms with Gasteiger partial charge in [-0.05, 0) is 49.9 Å². The first kappa shape index (κ1) is 19.1. The van der Waals surface area contributed by atoms with Gasteiger partial charge in [-0.15, -0.1) is 0 Å². The van der Waals surface area contributed by atoms with Crippen LogP contribution in [0.25, 0.3) is 11.3 Å². The number of rotatable bonds is 6. The summed E-state index contributed by atoms with van der Waals surface area (Å²) in [6.45, 7) is 4.71. The summed E-state index contributed by atoms with van der Waals surface area (Å²) in [6, 6.07) is 9.11. The Morgan fingerprint density at radius 1 is 1.26 bits per heavy atom. The van der Waals surface area contributed by atoms with Crippen molar-refractivity contribution in [2.75, 3.05) is 6.61 Å². The van der Waals surface area contributed by atoms with Crippen molar-refractivity contribution in [3.8, 4) is 17.0 Å². The maximum Gasteiger partial charge on any atom is 0.254 e. The van der Waals surface area contributed by atoms with E-state index < -0.39 is 0 Å². The molecule has 0 aliphatic heterocycles. The number of amides is 1. The lowest BCUT2D eigenvalue weighted by Gasteiger charge is -2.29. The van der Waals surface area contributed by atoms with E-state index in [9.17, 15) is 9.59 Å². The molecule has 2 aromatic rings. The Morgan fingerprint density at radius 2 is 2.00 bits per heavy atom. The lowest BCUT2D eigenvalue weighted by molar-refractivity contribution is -0.123. The number of benzene rings is 1. The number of aromatic nitrogens is 2. The molecule has 0 radical (unpaired) electrons. The minimum Gasteiger partial charge on any atom is -0.494 e. The topological polar surface area (TPSA) is 73.2 Å². The van der Waals surface area contributed by atoms with Crippen LogP contribution >= 0.6 is 0 Å². The van der Waals surface area contributed by atoms with Crippen molar-refractivity contribution in [3.05, 3.63) is 47.0 Å². The summed E-state index contributed by atoms with van der Waals surface area (Å²) < 4.78 is 6.77. The molecule has 3 rings (SSSR count). The van der Waals surface area contributed by atoms with Crippen LogP contribution < -0.4 is 15.6 Å². The molecule has 144 valence electrons. The first-order valence-electron chi connectivity index (χ1n) is 9.66. The molecule has 1 aliphatic rings. The zero-order chi connectivity index (χ0) is 19.2. The van der Waals surface area contributed by atoms with E-state index in [1.165, 1.54) is 23.4 Å². The van der Waals surface area contributed by atoms with E-state index in [1.54, 1.807) is 0 Å². The Kier molecular flexibility index (Phi) is 6.27. The quantitative estimate of drug-likeness (QED) is 0.849. The molecule has 2 atom stereocenters. The van der Waals surface area contributed by atoms with Gasteiger partial charge in [-0.2, -0.15) is 0 Å². The minimum absolute atomic E-state index is 0.00138. The summed E-state index contributed by atoms with van der Waals surface area (Å²) in [4.78, 5) is 29.1. The zero-order valence-electron chi connectivity index (χ0n) is 16.0. The molecule has 27 heavy (non-hydrogen) atoms. The van der Waals surface area contributed by atoms with Crippen LogP contribution in [0.1, 0.15) is 39.5 Å². The highest BCUT2D eigenvalue weighted by Crippen LogP contribution is 2.23. The molecule has 1 heterocycles. The SMILES string of the molecule is CCOc1ccc(-c2cc(=O)n(CC(=O)NC3CCCCC3C)cn2)cc1. The normalized spacial score (nSPS) is 19.5. The highest BCUT2D eigenvalue weighted by Gasteiger charge is 2.22.